The molecule has 1 unspecified atom stereocenters. The maximum Gasteiger partial charge on any atom is 0.410 e. The molecule has 0 spiro atoms. The van der Waals surface area contributed by atoms with Crippen molar-refractivity contribution in [3.8, 4) is 11.1 Å². The van der Waals surface area contributed by atoms with Crippen LogP contribution in [0.15, 0.2) is 61.2 Å². The lowest BCUT2D eigenvalue weighted by Crippen LogP contribution is -2.47. The second-order valence-electron chi connectivity index (χ2n) is 7.13. The van der Waals surface area contributed by atoms with Gasteiger partial charge in [0.1, 0.15) is 6.61 Å². The summed E-state index contributed by atoms with van der Waals surface area (Å²) >= 11 is 0. The fourth-order valence-electron chi connectivity index (χ4n) is 3.88. The molecule has 5 nitrogen and oxygen atoms in total. The number of carbonyl (C=O) groups is 1. The monoisotopic (exact) mass is 394 g/mol. The Kier molecular flexibility index (Phi) is 7.44. The number of fused-ring (bicyclic) bond motifs is 3. The molecule has 2 N–H and O–H groups in total. The van der Waals surface area contributed by atoms with Crippen molar-refractivity contribution in [1.82, 2.24) is 4.90 Å². The third-order valence-electron chi connectivity index (χ3n) is 5.40. The quantitative estimate of drug-likeness (QED) is 0.485. The molecule has 0 saturated heterocycles. The minimum Gasteiger partial charge on any atom is -0.448 e. The summed E-state index contributed by atoms with van der Waals surface area (Å²) in [5.74, 6) is 0.0465. The van der Waals surface area contributed by atoms with E-state index in [1.54, 1.807) is 11.0 Å². The molecule has 3 rings (SSSR count). The molecular weight excluding hydrogens is 364 g/mol. The third kappa shape index (κ3) is 4.69. The van der Waals surface area contributed by atoms with Crippen molar-refractivity contribution in [2.75, 3.05) is 32.9 Å². The van der Waals surface area contributed by atoms with Crippen LogP contribution in [0, 0.1) is 0 Å². The van der Waals surface area contributed by atoms with Gasteiger partial charge in [-0.15, -0.1) is 6.58 Å². The molecule has 1 aliphatic rings. The van der Waals surface area contributed by atoms with Crippen LogP contribution in [-0.2, 0) is 9.47 Å². The molecule has 2 aromatic rings. The molecule has 0 saturated carbocycles. The van der Waals surface area contributed by atoms with Crippen molar-refractivity contribution in [1.29, 1.82) is 0 Å². The number of hydrogen-bond donors (Lipinski definition) is 1. The molecule has 1 atom stereocenters. The normalized spacial score (nSPS) is 13.4. The van der Waals surface area contributed by atoms with Gasteiger partial charge in [0, 0.05) is 19.0 Å². The van der Waals surface area contributed by atoms with Crippen molar-refractivity contribution in [3.63, 3.8) is 0 Å². The zero-order chi connectivity index (χ0) is 20.6. The van der Waals surface area contributed by atoms with Crippen molar-refractivity contribution < 1.29 is 14.3 Å². The van der Waals surface area contributed by atoms with Gasteiger partial charge in [-0.25, -0.2) is 4.79 Å². The summed E-state index contributed by atoms with van der Waals surface area (Å²) in [6, 6.07) is 16.4. The SMILES string of the molecule is C=CCCOCC(CN)N(CC)C(=O)OCC1c2ccccc2-c2ccccc21. The van der Waals surface area contributed by atoms with Crippen LogP contribution < -0.4 is 5.73 Å². The average Bonchev–Trinajstić information content (AvgIpc) is 3.08. The highest BCUT2D eigenvalue weighted by atomic mass is 16.6. The second-order valence-corrected chi connectivity index (χ2v) is 7.13. The lowest BCUT2D eigenvalue weighted by molar-refractivity contribution is 0.0474. The summed E-state index contributed by atoms with van der Waals surface area (Å²) in [5.41, 5.74) is 10.7. The number of nitrogens with two attached hydrogens (primary N) is 1. The Labute approximate surface area is 173 Å². The molecule has 5 heteroatoms. The van der Waals surface area contributed by atoms with Gasteiger partial charge in [-0.3, -0.25) is 0 Å². The predicted molar refractivity (Wildman–Crippen MR) is 116 cm³/mol. The Bertz CT molecular complexity index is 791. The third-order valence-corrected chi connectivity index (χ3v) is 5.40. The van der Waals surface area contributed by atoms with E-state index in [2.05, 4.69) is 30.8 Å². The highest BCUT2D eigenvalue weighted by Gasteiger charge is 2.30. The van der Waals surface area contributed by atoms with E-state index in [-0.39, 0.29) is 18.1 Å². The molecule has 0 radical (unpaired) electrons. The molecule has 1 aliphatic carbocycles. The smallest absolute Gasteiger partial charge is 0.410 e. The van der Waals surface area contributed by atoms with Gasteiger partial charge in [-0.2, -0.15) is 0 Å². The summed E-state index contributed by atoms with van der Waals surface area (Å²) in [7, 11) is 0. The molecule has 0 fully saturated rings. The number of carbonyl (C=O) groups excluding carboxylic acids is 1. The van der Waals surface area contributed by atoms with Crippen LogP contribution in [0.3, 0.4) is 0 Å². The van der Waals surface area contributed by atoms with Crippen molar-refractivity contribution in [2.24, 2.45) is 5.73 Å². The Morgan fingerprint density at radius 2 is 1.79 bits per heavy atom. The molecule has 0 aliphatic heterocycles. The zero-order valence-electron chi connectivity index (χ0n) is 17.0. The number of amides is 1. The number of hydrogen-bond acceptors (Lipinski definition) is 4. The van der Waals surface area contributed by atoms with Crippen molar-refractivity contribution in [2.45, 2.75) is 25.3 Å². The Morgan fingerprint density at radius 3 is 2.34 bits per heavy atom. The predicted octanol–water partition coefficient (Wildman–Crippen LogP) is 4.18. The van der Waals surface area contributed by atoms with Crippen LogP contribution in [0.5, 0.6) is 0 Å². The van der Waals surface area contributed by atoms with Crippen LogP contribution in [0.25, 0.3) is 11.1 Å². The van der Waals surface area contributed by atoms with Gasteiger partial charge in [-0.05, 0) is 35.6 Å². The van der Waals surface area contributed by atoms with Crippen LogP contribution >= 0.6 is 0 Å². The molecule has 29 heavy (non-hydrogen) atoms. The highest BCUT2D eigenvalue weighted by Crippen LogP contribution is 2.44. The van der Waals surface area contributed by atoms with Gasteiger partial charge in [0.05, 0.1) is 19.3 Å². The van der Waals surface area contributed by atoms with E-state index in [4.69, 9.17) is 15.2 Å². The first-order chi connectivity index (χ1) is 14.2. The number of rotatable bonds is 10. The topological polar surface area (TPSA) is 64.8 Å². The first kappa shape index (κ1) is 21.1. The van der Waals surface area contributed by atoms with Gasteiger partial charge in [0.25, 0.3) is 0 Å². The van der Waals surface area contributed by atoms with Crippen molar-refractivity contribution >= 4 is 6.09 Å². The minimum absolute atomic E-state index is 0.0465. The van der Waals surface area contributed by atoms with E-state index in [1.165, 1.54) is 22.3 Å². The van der Waals surface area contributed by atoms with Gasteiger partial charge in [0.2, 0.25) is 0 Å². The summed E-state index contributed by atoms with van der Waals surface area (Å²) < 4.78 is 11.4. The maximum absolute atomic E-state index is 12.8. The minimum atomic E-state index is -0.350. The Morgan fingerprint density at radius 1 is 1.17 bits per heavy atom. The summed E-state index contributed by atoms with van der Waals surface area (Å²) in [6.45, 7) is 7.72. The number of benzene rings is 2. The van der Waals surface area contributed by atoms with E-state index in [1.807, 2.05) is 31.2 Å². The van der Waals surface area contributed by atoms with Gasteiger partial charge >= 0.3 is 6.09 Å². The molecule has 154 valence electrons. The van der Waals surface area contributed by atoms with Crippen LogP contribution in [0.4, 0.5) is 4.79 Å². The molecule has 1 amide bonds. The number of likely N-dealkylation sites (N-methyl/N-ethyl adjacent to an activating group) is 1. The van der Waals surface area contributed by atoms with Crippen LogP contribution in [0.2, 0.25) is 0 Å². The summed E-state index contributed by atoms with van der Waals surface area (Å²) in [6.07, 6.45) is 2.23. The fraction of sp³-hybridized carbons (Fsp3) is 0.375. The summed E-state index contributed by atoms with van der Waals surface area (Å²) in [4.78, 5) is 14.5. The van der Waals surface area contributed by atoms with Gasteiger partial charge in [0.15, 0.2) is 0 Å². The maximum atomic E-state index is 12.8. The molecule has 0 heterocycles. The number of ether oxygens (including phenoxy) is 2. The van der Waals surface area contributed by atoms with Crippen LogP contribution in [-0.4, -0.2) is 49.9 Å². The molecular formula is C24H30N2O3. The fourth-order valence-corrected chi connectivity index (χ4v) is 3.88. The first-order valence-electron chi connectivity index (χ1n) is 10.2. The van der Waals surface area contributed by atoms with E-state index in [0.29, 0.717) is 32.9 Å². The molecule has 0 bridgehead atoms. The lowest BCUT2D eigenvalue weighted by Gasteiger charge is -2.29. The Balaban J connectivity index is 1.66. The molecule has 2 aromatic carbocycles. The van der Waals surface area contributed by atoms with Gasteiger partial charge < -0.3 is 20.1 Å². The largest absolute Gasteiger partial charge is 0.448 e. The zero-order valence-corrected chi connectivity index (χ0v) is 17.0. The Hall–Kier alpha value is -2.63. The standard InChI is InChI=1S/C24H30N2O3/c1-3-5-14-28-16-18(15-25)26(4-2)24(27)29-17-23-21-12-8-6-10-19(21)20-11-7-9-13-22(20)23/h3,6-13,18,23H,1,4-5,14-17,25H2,2H3. The van der Waals surface area contributed by atoms with E-state index < -0.39 is 0 Å². The number of nitrogens with zero attached hydrogens (tertiary/aromatic N) is 1. The highest BCUT2D eigenvalue weighted by molar-refractivity contribution is 5.79. The average molecular weight is 395 g/mol. The van der Waals surface area contributed by atoms with E-state index in [0.717, 1.165) is 6.42 Å². The van der Waals surface area contributed by atoms with E-state index >= 15 is 0 Å². The second kappa shape index (κ2) is 10.2. The first-order valence-corrected chi connectivity index (χ1v) is 10.2. The summed E-state index contributed by atoms with van der Waals surface area (Å²) in [5, 5.41) is 0. The van der Waals surface area contributed by atoms with Crippen LogP contribution in [0.1, 0.15) is 30.4 Å². The van der Waals surface area contributed by atoms with Crippen molar-refractivity contribution in [3.05, 3.63) is 72.3 Å². The lowest BCUT2D eigenvalue weighted by atomic mass is 9.98. The van der Waals surface area contributed by atoms with Gasteiger partial charge in [-0.1, -0.05) is 54.6 Å². The van der Waals surface area contributed by atoms with E-state index in [9.17, 15) is 4.79 Å². The molecule has 0 aromatic heterocycles.